The minimum atomic E-state index is 0.0734. The van der Waals surface area contributed by atoms with E-state index in [1.807, 2.05) is 18.2 Å². The molecule has 1 N–H and O–H groups in total. The highest BCUT2D eigenvalue weighted by Crippen LogP contribution is 2.43. The van der Waals surface area contributed by atoms with Gasteiger partial charge in [-0.1, -0.05) is 88.9 Å². The summed E-state index contributed by atoms with van der Waals surface area (Å²) in [6, 6.07) is 16.9. The van der Waals surface area contributed by atoms with E-state index >= 15 is 0 Å². The van der Waals surface area contributed by atoms with Gasteiger partial charge in [0.25, 0.3) is 0 Å². The van der Waals surface area contributed by atoms with Crippen LogP contribution < -0.4 is 4.74 Å². The van der Waals surface area contributed by atoms with Crippen molar-refractivity contribution in [1.82, 2.24) is 0 Å². The number of ether oxygens (including phenoxy) is 1. The van der Waals surface area contributed by atoms with Crippen molar-refractivity contribution in [1.29, 1.82) is 0 Å². The lowest BCUT2D eigenvalue weighted by atomic mass is 9.72. The summed E-state index contributed by atoms with van der Waals surface area (Å²) >= 11 is 0. The average Bonchev–Trinajstić information content (AvgIpc) is 2.82. The van der Waals surface area contributed by atoms with Crippen LogP contribution in [0.15, 0.2) is 48.5 Å². The molecule has 0 spiro atoms. The first-order valence-corrected chi connectivity index (χ1v) is 12.9. The first kappa shape index (κ1) is 25.5. The number of aliphatic hydroxyl groups excluding tert-OH is 1. The fourth-order valence-corrected chi connectivity index (χ4v) is 5.20. The van der Waals surface area contributed by atoms with E-state index in [0.717, 1.165) is 36.1 Å². The van der Waals surface area contributed by atoms with Crippen LogP contribution in [0.3, 0.4) is 0 Å². The van der Waals surface area contributed by atoms with Crippen molar-refractivity contribution < 1.29 is 14.6 Å². The van der Waals surface area contributed by atoms with Crippen molar-refractivity contribution >= 4 is 5.78 Å². The van der Waals surface area contributed by atoms with Gasteiger partial charge in [-0.05, 0) is 59.3 Å². The molecule has 0 saturated heterocycles. The average molecular weight is 451 g/mol. The number of rotatable bonds is 12. The SMILES string of the molecule is CCCCCCC(C)(C)c1ccc([C@H]2CC(=O)CC[C@@H]2CCO)c(OCc2ccccc2)c1. The fourth-order valence-electron chi connectivity index (χ4n) is 5.20. The Hall–Kier alpha value is -2.13. The van der Waals surface area contributed by atoms with E-state index in [1.54, 1.807) is 0 Å². The second kappa shape index (κ2) is 12.4. The molecule has 0 aromatic heterocycles. The molecule has 3 heteroatoms. The highest BCUT2D eigenvalue weighted by molar-refractivity contribution is 5.80. The van der Waals surface area contributed by atoms with Crippen LogP contribution in [-0.4, -0.2) is 17.5 Å². The topological polar surface area (TPSA) is 46.5 Å². The maximum Gasteiger partial charge on any atom is 0.133 e. The number of Topliss-reactive ketones (excluding diaryl/α,β-unsaturated/α-hetero) is 1. The van der Waals surface area contributed by atoms with Crippen molar-refractivity contribution in [2.24, 2.45) is 5.92 Å². The molecule has 1 fully saturated rings. The molecule has 0 radical (unpaired) electrons. The maximum atomic E-state index is 12.4. The number of benzene rings is 2. The van der Waals surface area contributed by atoms with E-state index in [4.69, 9.17) is 4.74 Å². The Bertz CT molecular complexity index is 871. The molecule has 180 valence electrons. The van der Waals surface area contributed by atoms with Gasteiger partial charge in [-0.25, -0.2) is 0 Å². The summed E-state index contributed by atoms with van der Waals surface area (Å²) in [6.45, 7) is 7.58. The van der Waals surface area contributed by atoms with E-state index in [0.29, 0.717) is 31.1 Å². The number of aliphatic hydroxyl groups is 1. The molecule has 0 unspecified atom stereocenters. The van der Waals surface area contributed by atoms with Crippen LogP contribution in [0.2, 0.25) is 0 Å². The summed E-state index contributed by atoms with van der Waals surface area (Å²) in [5.41, 5.74) is 3.64. The third-order valence-electron chi connectivity index (χ3n) is 7.40. The molecule has 2 aromatic rings. The summed E-state index contributed by atoms with van der Waals surface area (Å²) in [5.74, 6) is 1.66. The van der Waals surface area contributed by atoms with Gasteiger partial charge in [-0.3, -0.25) is 4.79 Å². The first-order chi connectivity index (χ1) is 15.9. The smallest absolute Gasteiger partial charge is 0.133 e. The first-order valence-electron chi connectivity index (χ1n) is 12.9. The Labute approximate surface area is 200 Å². The van der Waals surface area contributed by atoms with Crippen molar-refractivity contribution in [2.45, 2.75) is 96.5 Å². The summed E-state index contributed by atoms with van der Waals surface area (Å²) in [5, 5.41) is 9.63. The molecule has 2 atom stereocenters. The third-order valence-corrected chi connectivity index (χ3v) is 7.40. The third kappa shape index (κ3) is 7.17. The van der Waals surface area contributed by atoms with Gasteiger partial charge in [-0.15, -0.1) is 0 Å². The van der Waals surface area contributed by atoms with Gasteiger partial charge in [0.15, 0.2) is 0 Å². The molecule has 3 nitrogen and oxygen atoms in total. The van der Waals surface area contributed by atoms with Gasteiger partial charge in [0.1, 0.15) is 18.1 Å². The van der Waals surface area contributed by atoms with Crippen molar-refractivity contribution in [3.63, 3.8) is 0 Å². The van der Waals surface area contributed by atoms with Gasteiger partial charge in [0.05, 0.1) is 0 Å². The highest BCUT2D eigenvalue weighted by Gasteiger charge is 2.33. The lowest BCUT2D eigenvalue weighted by Gasteiger charge is -2.33. The van der Waals surface area contributed by atoms with Gasteiger partial charge in [0, 0.05) is 19.4 Å². The minimum absolute atomic E-state index is 0.0734. The molecule has 1 aliphatic rings. The van der Waals surface area contributed by atoms with Gasteiger partial charge in [0.2, 0.25) is 0 Å². The Kier molecular flexibility index (Phi) is 9.55. The Morgan fingerprint density at radius 1 is 1.06 bits per heavy atom. The molecule has 33 heavy (non-hydrogen) atoms. The summed E-state index contributed by atoms with van der Waals surface area (Å²) in [4.78, 5) is 12.4. The largest absolute Gasteiger partial charge is 0.489 e. The highest BCUT2D eigenvalue weighted by atomic mass is 16.5. The zero-order valence-corrected chi connectivity index (χ0v) is 20.8. The molecular weight excluding hydrogens is 408 g/mol. The lowest BCUT2D eigenvalue weighted by Crippen LogP contribution is -2.25. The predicted octanol–water partition coefficient (Wildman–Crippen LogP) is 7.35. The zero-order chi connectivity index (χ0) is 23.7. The normalized spacial score (nSPS) is 19.0. The van der Waals surface area contributed by atoms with Gasteiger partial charge in [-0.2, -0.15) is 0 Å². The Morgan fingerprint density at radius 3 is 2.58 bits per heavy atom. The Morgan fingerprint density at radius 2 is 1.85 bits per heavy atom. The van der Waals surface area contributed by atoms with Crippen molar-refractivity contribution in [3.05, 3.63) is 65.2 Å². The summed E-state index contributed by atoms with van der Waals surface area (Å²) in [7, 11) is 0. The van der Waals surface area contributed by atoms with E-state index in [1.165, 1.54) is 31.2 Å². The van der Waals surface area contributed by atoms with Crippen LogP contribution in [0.25, 0.3) is 0 Å². The summed E-state index contributed by atoms with van der Waals surface area (Å²) in [6.07, 6.45) is 8.98. The molecule has 1 aliphatic carbocycles. The second-order valence-electron chi connectivity index (χ2n) is 10.4. The number of ketones is 1. The number of carbonyl (C=O) groups is 1. The van der Waals surface area contributed by atoms with E-state index in [-0.39, 0.29) is 17.9 Å². The predicted molar refractivity (Wildman–Crippen MR) is 136 cm³/mol. The van der Waals surface area contributed by atoms with Crippen LogP contribution in [0.1, 0.15) is 101 Å². The van der Waals surface area contributed by atoms with E-state index in [9.17, 15) is 9.90 Å². The number of hydrogen-bond acceptors (Lipinski definition) is 3. The van der Waals surface area contributed by atoms with Crippen LogP contribution >= 0.6 is 0 Å². The molecule has 0 heterocycles. The van der Waals surface area contributed by atoms with Crippen LogP contribution in [-0.2, 0) is 16.8 Å². The van der Waals surface area contributed by atoms with Crippen LogP contribution in [0, 0.1) is 5.92 Å². The van der Waals surface area contributed by atoms with E-state index in [2.05, 4.69) is 51.1 Å². The second-order valence-corrected chi connectivity index (χ2v) is 10.4. The quantitative estimate of drug-likeness (QED) is 0.344. The fraction of sp³-hybridized carbons (Fsp3) is 0.567. The molecular formula is C30H42O3. The number of carbonyl (C=O) groups excluding carboxylic acids is 1. The number of hydrogen-bond donors (Lipinski definition) is 1. The van der Waals surface area contributed by atoms with E-state index < -0.39 is 0 Å². The van der Waals surface area contributed by atoms with Gasteiger partial charge < -0.3 is 9.84 Å². The zero-order valence-electron chi connectivity index (χ0n) is 20.8. The molecule has 0 bridgehead atoms. The van der Waals surface area contributed by atoms with Crippen molar-refractivity contribution in [3.8, 4) is 5.75 Å². The van der Waals surface area contributed by atoms with Crippen molar-refractivity contribution in [2.75, 3.05) is 6.61 Å². The number of unbranched alkanes of at least 4 members (excludes halogenated alkanes) is 3. The molecule has 2 aromatic carbocycles. The minimum Gasteiger partial charge on any atom is -0.489 e. The van der Waals surface area contributed by atoms with Crippen LogP contribution in [0.4, 0.5) is 0 Å². The maximum absolute atomic E-state index is 12.4. The molecule has 0 aliphatic heterocycles. The summed E-state index contributed by atoms with van der Waals surface area (Å²) < 4.78 is 6.44. The van der Waals surface area contributed by atoms with Crippen LogP contribution in [0.5, 0.6) is 5.75 Å². The Balaban J connectivity index is 1.89. The lowest BCUT2D eigenvalue weighted by molar-refractivity contribution is -0.121. The molecule has 1 saturated carbocycles. The monoisotopic (exact) mass is 450 g/mol. The standard InChI is InChI=1S/C30H42O3/c1-4-5-6-10-18-30(2,3)25-14-16-27(28-21-26(32)15-13-24(28)17-19-31)29(20-25)33-22-23-11-8-7-9-12-23/h7-9,11-12,14,16,20,24,28,31H,4-6,10,13,15,17-19,21-22H2,1-3H3/t24-,28+/m1/s1. The molecule has 0 amide bonds. The van der Waals surface area contributed by atoms with Gasteiger partial charge >= 0.3 is 0 Å². The molecule has 3 rings (SSSR count).